The molecule has 0 spiro atoms. The van der Waals surface area contributed by atoms with E-state index in [0.717, 1.165) is 11.3 Å². The lowest BCUT2D eigenvalue weighted by Gasteiger charge is -2.13. The van der Waals surface area contributed by atoms with Crippen molar-refractivity contribution in [1.82, 2.24) is 15.5 Å². The van der Waals surface area contributed by atoms with Gasteiger partial charge >= 0.3 is 0 Å². The van der Waals surface area contributed by atoms with Gasteiger partial charge in [-0.1, -0.05) is 16.8 Å². The molecule has 1 heterocycles. The van der Waals surface area contributed by atoms with E-state index in [-0.39, 0.29) is 12.5 Å². The molecular formula is C19H18ClN3O4. The number of benzene rings is 2. The molecule has 0 saturated heterocycles. The monoisotopic (exact) mass is 387 g/mol. The van der Waals surface area contributed by atoms with E-state index in [9.17, 15) is 4.79 Å². The molecule has 0 aliphatic heterocycles. The molecule has 2 aromatic carbocycles. The molecule has 0 aliphatic carbocycles. The lowest BCUT2D eigenvalue weighted by Crippen LogP contribution is -2.35. The molecule has 3 aromatic rings. The van der Waals surface area contributed by atoms with Gasteiger partial charge in [-0.25, -0.2) is 0 Å². The molecule has 0 radical (unpaired) electrons. The molecule has 0 bridgehead atoms. The Kier molecular flexibility index (Phi) is 5.93. The van der Waals surface area contributed by atoms with Crippen molar-refractivity contribution < 1.29 is 18.8 Å². The minimum Gasteiger partial charge on any atom is -0.497 e. The Morgan fingerprint density at radius 2 is 1.81 bits per heavy atom. The number of nitrogens with zero attached hydrogens (tertiary/aromatic N) is 2. The average molecular weight is 388 g/mol. The fourth-order valence-electron chi connectivity index (χ4n) is 2.26. The van der Waals surface area contributed by atoms with Crippen LogP contribution in [0.2, 0.25) is 5.02 Å². The van der Waals surface area contributed by atoms with Gasteiger partial charge in [0.1, 0.15) is 11.5 Å². The van der Waals surface area contributed by atoms with Crippen LogP contribution in [-0.2, 0) is 11.3 Å². The summed E-state index contributed by atoms with van der Waals surface area (Å²) in [5.41, 5.74) is 0.788. The number of halogens is 1. The largest absolute Gasteiger partial charge is 0.497 e. The van der Waals surface area contributed by atoms with Gasteiger partial charge in [-0.15, -0.1) is 0 Å². The standard InChI is InChI=1S/C19H18ClN3O4/c1-12(26-16-9-5-14(20)6-10-16)19(24)21-11-17-22-18(23-27-17)13-3-7-15(25-2)8-4-13/h3-10,12H,11H2,1-2H3,(H,21,24)/t12-/m0/s1. The molecule has 0 fully saturated rings. The highest BCUT2D eigenvalue weighted by Crippen LogP contribution is 2.20. The fraction of sp³-hybridized carbons (Fsp3) is 0.211. The van der Waals surface area contributed by atoms with Crippen molar-refractivity contribution in [1.29, 1.82) is 0 Å². The van der Waals surface area contributed by atoms with Crippen LogP contribution >= 0.6 is 11.6 Å². The van der Waals surface area contributed by atoms with Gasteiger partial charge in [0.2, 0.25) is 11.7 Å². The van der Waals surface area contributed by atoms with E-state index in [1.54, 1.807) is 38.3 Å². The van der Waals surface area contributed by atoms with Gasteiger partial charge in [-0.3, -0.25) is 4.79 Å². The summed E-state index contributed by atoms with van der Waals surface area (Å²) in [6.45, 7) is 1.76. The third kappa shape index (κ3) is 4.98. The molecule has 1 N–H and O–H groups in total. The molecule has 3 rings (SSSR count). The normalized spacial score (nSPS) is 11.7. The van der Waals surface area contributed by atoms with Crippen LogP contribution in [0.3, 0.4) is 0 Å². The van der Waals surface area contributed by atoms with Gasteiger partial charge < -0.3 is 19.3 Å². The smallest absolute Gasteiger partial charge is 0.261 e. The predicted octanol–water partition coefficient (Wildman–Crippen LogP) is 3.48. The summed E-state index contributed by atoms with van der Waals surface area (Å²) in [6, 6.07) is 14.1. The second-order valence-corrected chi connectivity index (χ2v) is 6.11. The molecular weight excluding hydrogens is 370 g/mol. The second-order valence-electron chi connectivity index (χ2n) is 5.67. The number of amides is 1. The summed E-state index contributed by atoms with van der Waals surface area (Å²) in [4.78, 5) is 16.4. The second kappa shape index (κ2) is 8.55. The van der Waals surface area contributed by atoms with Crippen molar-refractivity contribution in [3.05, 3.63) is 59.4 Å². The maximum atomic E-state index is 12.2. The number of carbonyl (C=O) groups is 1. The molecule has 8 heteroatoms. The van der Waals surface area contributed by atoms with E-state index in [2.05, 4.69) is 15.5 Å². The van der Waals surface area contributed by atoms with E-state index in [1.807, 2.05) is 24.3 Å². The van der Waals surface area contributed by atoms with E-state index in [4.69, 9.17) is 25.6 Å². The summed E-state index contributed by atoms with van der Waals surface area (Å²) < 4.78 is 15.9. The number of aromatic nitrogens is 2. The number of ether oxygens (including phenoxy) is 2. The molecule has 1 atom stereocenters. The fourth-order valence-corrected chi connectivity index (χ4v) is 2.39. The third-order valence-corrected chi connectivity index (χ3v) is 3.98. The van der Waals surface area contributed by atoms with Crippen molar-refractivity contribution in [3.8, 4) is 22.9 Å². The van der Waals surface area contributed by atoms with Crippen LogP contribution < -0.4 is 14.8 Å². The number of rotatable bonds is 7. The van der Waals surface area contributed by atoms with Crippen LogP contribution in [0.4, 0.5) is 0 Å². The number of hydrogen-bond donors (Lipinski definition) is 1. The van der Waals surface area contributed by atoms with Crippen LogP contribution in [0.25, 0.3) is 11.4 Å². The lowest BCUT2D eigenvalue weighted by molar-refractivity contribution is -0.127. The zero-order valence-electron chi connectivity index (χ0n) is 14.8. The molecule has 140 valence electrons. The number of nitrogens with one attached hydrogen (secondary N) is 1. The molecule has 0 unspecified atom stereocenters. The van der Waals surface area contributed by atoms with Crippen molar-refractivity contribution in [2.24, 2.45) is 0 Å². The Bertz CT molecular complexity index is 894. The zero-order chi connectivity index (χ0) is 19.2. The van der Waals surface area contributed by atoms with E-state index in [0.29, 0.717) is 22.5 Å². The topological polar surface area (TPSA) is 86.5 Å². The van der Waals surface area contributed by atoms with Crippen LogP contribution in [0.1, 0.15) is 12.8 Å². The van der Waals surface area contributed by atoms with Gasteiger partial charge in [-0.2, -0.15) is 4.98 Å². The zero-order valence-corrected chi connectivity index (χ0v) is 15.6. The van der Waals surface area contributed by atoms with Gasteiger partial charge in [0.25, 0.3) is 5.91 Å². The van der Waals surface area contributed by atoms with E-state index < -0.39 is 6.10 Å². The lowest BCUT2D eigenvalue weighted by atomic mass is 10.2. The summed E-state index contributed by atoms with van der Waals surface area (Å²) >= 11 is 5.83. The molecule has 1 aromatic heterocycles. The Balaban J connectivity index is 1.54. The van der Waals surface area contributed by atoms with E-state index >= 15 is 0 Å². The molecule has 7 nitrogen and oxygen atoms in total. The van der Waals surface area contributed by atoms with Gasteiger partial charge in [-0.05, 0) is 55.5 Å². The summed E-state index contributed by atoms with van der Waals surface area (Å²) in [7, 11) is 1.60. The number of carbonyl (C=O) groups excluding carboxylic acids is 1. The molecule has 0 saturated carbocycles. The highest BCUT2D eigenvalue weighted by Gasteiger charge is 2.16. The Morgan fingerprint density at radius 1 is 1.15 bits per heavy atom. The minimum absolute atomic E-state index is 0.107. The van der Waals surface area contributed by atoms with Crippen molar-refractivity contribution in [3.63, 3.8) is 0 Å². The Morgan fingerprint density at radius 3 is 2.48 bits per heavy atom. The summed E-state index contributed by atoms with van der Waals surface area (Å²) in [6.07, 6.45) is -0.685. The van der Waals surface area contributed by atoms with Gasteiger partial charge in [0, 0.05) is 10.6 Å². The average Bonchev–Trinajstić information content (AvgIpc) is 3.17. The first-order chi connectivity index (χ1) is 13.0. The molecule has 27 heavy (non-hydrogen) atoms. The molecule has 1 amide bonds. The Labute approximate surface area is 161 Å². The number of methoxy groups -OCH3 is 1. The van der Waals surface area contributed by atoms with Crippen molar-refractivity contribution in [2.75, 3.05) is 7.11 Å². The highest BCUT2D eigenvalue weighted by molar-refractivity contribution is 6.30. The maximum Gasteiger partial charge on any atom is 0.261 e. The SMILES string of the molecule is COc1ccc(-c2noc(CNC(=O)[C@H](C)Oc3ccc(Cl)cc3)n2)cc1. The first-order valence-corrected chi connectivity index (χ1v) is 8.60. The first kappa shape index (κ1) is 18.7. The van der Waals surface area contributed by atoms with Crippen molar-refractivity contribution >= 4 is 17.5 Å². The van der Waals surface area contributed by atoms with Crippen LogP contribution in [0.15, 0.2) is 53.1 Å². The summed E-state index contributed by atoms with van der Waals surface area (Å²) in [5, 5.41) is 7.23. The first-order valence-electron chi connectivity index (χ1n) is 8.22. The number of hydrogen-bond acceptors (Lipinski definition) is 6. The van der Waals surface area contributed by atoms with Gasteiger partial charge in [0.05, 0.1) is 13.7 Å². The summed E-state index contributed by atoms with van der Waals surface area (Å²) in [5.74, 6) is 1.74. The van der Waals surface area contributed by atoms with Crippen LogP contribution in [0, 0.1) is 0 Å². The predicted molar refractivity (Wildman–Crippen MR) is 99.7 cm³/mol. The maximum absolute atomic E-state index is 12.2. The van der Waals surface area contributed by atoms with Gasteiger partial charge in [0.15, 0.2) is 6.10 Å². The van der Waals surface area contributed by atoms with Crippen LogP contribution in [0.5, 0.6) is 11.5 Å². The minimum atomic E-state index is -0.685. The Hall–Kier alpha value is -3.06. The highest BCUT2D eigenvalue weighted by atomic mass is 35.5. The molecule has 0 aliphatic rings. The quantitative estimate of drug-likeness (QED) is 0.667. The third-order valence-electron chi connectivity index (χ3n) is 3.73. The van der Waals surface area contributed by atoms with Crippen molar-refractivity contribution in [2.45, 2.75) is 19.6 Å². The van der Waals surface area contributed by atoms with E-state index in [1.165, 1.54) is 0 Å². The van der Waals surface area contributed by atoms with Crippen LogP contribution in [-0.4, -0.2) is 29.3 Å².